The Balaban J connectivity index is 2.50. The predicted octanol–water partition coefficient (Wildman–Crippen LogP) is 2.28. The summed E-state index contributed by atoms with van der Waals surface area (Å²) in [7, 11) is 1.73. The Hall–Kier alpha value is -1.68. The Kier molecular flexibility index (Phi) is 5.45. The van der Waals surface area contributed by atoms with Gasteiger partial charge in [0.25, 0.3) is 0 Å². The van der Waals surface area contributed by atoms with Crippen molar-refractivity contribution in [1.29, 1.82) is 0 Å². The summed E-state index contributed by atoms with van der Waals surface area (Å²) in [5.41, 5.74) is 7.86. The number of carbonyl (C=O) groups excluding carboxylic acids is 2. The average Bonchev–Trinajstić information content (AvgIpc) is 2.36. The third-order valence-corrected chi connectivity index (χ3v) is 3.51. The fourth-order valence-electron chi connectivity index (χ4n) is 2.39. The molecule has 0 saturated heterocycles. The zero-order valence-corrected chi connectivity index (χ0v) is 12.6. The molecular weight excluding hydrogens is 258 g/mol. The first-order valence-corrected chi connectivity index (χ1v) is 6.91. The fraction of sp³-hybridized carbons (Fsp3) is 0.786. The Morgan fingerprint density at radius 3 is 2.25 bits per heavy atom. The monoisotopic (exact) mass is 281 g/mol. The van der Waals surface area contributed by atoms with Crippen LogP contribution in [-0.4, -0.2) is 46.5 Å². The summed E-state index contributed by atoms with van der Waals surface area (Å²) >= 11 is 0. The van der Waals surface area contributed by atoms with E-state index in [1.165, 1.54) is 0 Å². The van der Waals surface area contributed by atoms with E-state index in [0.717, 1.165) is 19.1 Å². The van der Waals surface area contributed by atoms with Crippen molar-refractivity contribution in [3.8, 4) is 0 Å². The van der Waals surface area contributed by atoms with E-state index < -0.39 is 5.60 Å². The number of Topliss-reactive ketones (excluding diaryl/α,β-unsaturated/α-hetero) is 1. The van der Waals surface area contributed by atoms with Gasteiger partial charge in [0.1, 0.15) is 5.60 Å². The van der Waals surface area contributed by atoms with Crippen LogP contribution in [0.15, 0.2) is 0 Å². The third-order valence-electron chi connectivity index (χ3n) is 3.51. The lowest BCUT2D eigenvalue weighted by molar-refractivity contribution is -0.120. The largest absolute Gasteiger partial charge is 0.444 e. The minimum atomic E-state index is -0.504. The van der Waals surface area contributed by atoms with Crippen molar-refractivity contribution >= 4 is 18.1 Å². The molecule has 0 aromatic heterocycles. The van der Waals surface area contributed by atoms with E-state index >= 15 is 0 Å². The van der Waals surface area contributed by atoms with Crippen molar-refractivity contribution in [3.63, 3.8) is 0 Å². The predicted molar refractivity (Wildman–Crippen MR) is 74.4 cm³/mol. The van der Waals surface area contributed by atoms with Gasteiger partial charge in [0, 0.05) is 19.0 Å². The van der Waals surface area contributed by atoms with Crippen LogP contribution in [0.2, 0.25) is 0 Å². The summed E-state index contributed by atoms with van der Waals surface area (Å²) < 4.78 is 5.33. The van der Waals surface area contributed by atoms with Crippen molar-refractivity contribution in [3.05, 3.63) is 5.53 Å². The number of carbonyl (C=O) groups is 2. The molecule has 1 fully saturated rings. The third kappa shape index (κ3) is 4.78. The van der Waals surface area contributed by atoms with Crippen LogP contribution in [0.1, 0.15) is 46.5 Å². The van der Waals surface area contributed by atoms with Gasteiger partial charge in [-0.1, -0.05) is 0 Å². The van der Waals surface area contributed by atoms with Gasteiger partial charge in [-0.2, -0.15) is 4.79 Å². The Bertz CT molecular complexity index is 414. The maximum atomic E-state index is 12.0. The van der Waals surface area contributed by atoms with Crippen LogP contribution in [0.25, 0.3) is 5.53 Å². The van der Waals surface area contributed by atoms with Crippen LogP contribution in [-0.2, 0) is 9.53 Å². The molecule has 1 rings (SSSR count). The molecule has 1 amide bonds. The molecule has 0 heterocycles. The summed E-state index contributed by atoms with van der Waals surface area (Å²) in [5.74, 6) is -0.250. The van der Waals surface area contributed by atoms with Gasteiger partial charge in [-0.25, -0.2) is 4.79 Å². The minimum absolute atomic E-state index is 0.0972. The maximum absolute atomic E-state index is 12.0. The quantitative estimate of drug-likeness (QED) is 0.452. The number of hydrogen-bond donors (Lipinski definition) is 0. The van der Waals surface area contributed by atoms with Crippen molar-refractivity contribution in [2.75, 3.05) is 7.05 Å². The van der Waals surface area contributed by atoms with Crippen molar-refractivity contribution in [1.82, 2.24) is 4.90 Å². The Morgan fingerprint density at radius 1 is 1.25 bits per heavy atom. The number of hydrogen-bond acceptors (Lipinski definition) is 3. The van der Waals surface area contributed by atoms with Gasteiger partial charge in [-0.3, -0.25) is 4.79 Å². The van der Waals surface area contributed by atoms with Crippen LogP contribution < -0.4 is 0 Å². The number of ether oxygens (including phenoxy) is 1. The second-order valence-corrected chi connectivity index (χ2v) is 6.24. The second kappa shape index (κ2) is 6.66. The molecule has 0 aromatic carbocycles. The average molecular weight is 281 g/mol. The fourth-order valence-corrected chi connectivity index (χ4v) is 2.39. The molecule has 0 aromatic rings. The van der Waals surface area contributed by atoms with Crippen LogP contribution in [0, 0.1) is 5.92 Å². The first-order chi connectivity index (χ1) is 9.24. The molecule has 0 spiro atoms. The molecule has 0 unspecified atom stereocenters. The standard InChI is InChI=1S/C14H23N3O3/c1-14(2,3)20-13(19)17(4)11-7-5-10(6-8-11)12(18)9-16-15/h9-11H,5-8H2,1-4H3/t10-,11-. The van der Waals surface area contributed by atoms with E-state index in [-0.39, 0.29) is 23.8 Å². The van der Waals surface area contributed by atoms with Crippen LogP contribution in [0.3, 0.4) is 0 Å². The maximum Gasteiger partial charge on any atom is 0.410 e. The zero-order chi connectivity index (χ0) is 15.3. The van der Waals surface area contributed by atoms with E-state index in [9.17, 15) is 9.59 Å². The molecule has 112 valence electrons. The second-order valence-electron chi connectivity index (χ2n) is 6.24. The molecule has 0 bridgehead atoms. The molecule has 6 heteroatoms. The summed E-state index contributed by atoms with van der Waals surface area (Å²) in [6, 6.07) is 0.0972. The van der Waals surface area contributed by atoms with Gasteiger partial charge in [-0.15, -0.1) is 0 Å². The van der Waals surface area contributed by atoms with Gasteiger partial charge in [-0.05, 0) is 46.5 Å². The van der Waals surface area contributed by atoms with E-state index in [1.807, 2.05) is 20.8 Å². The summed E-state index contributed by atoms with van der Waals surface area (Å²) in [4.78, 5) is 27.9. The highest BCUT2D eigenvalue weighted by Gasteiger charge is 2.32. The number of ketones is 1. The SMILES string of the molecule is CN(C(=O)OC(C)(C)C)[C@H]1CC[C@H](C(=O)C=[N+]=[N-])CC1. The molecule has 0 N–H and O–H groups in total. The molecule has 1 aliphatic rings. The summed E-state index contributed by atoms with van der Waals surface area (Å²) in [5, 5.41) is 0. The lowest BCUT2D eigenvalue weighted by Crippen LogP contribution is -2.43. The van der Waals surface area contributed by atoms with Crippen molar-refractivity contribution in [2.24, 2.45) is 5.92 Å². The van der Waals surface area contributed by atoms with E-state index in [1.54, 1.807) is 11.9 Å². The molecule has 0 radical (unpaired) electrons. The van der Waals surface area contributed by atoms with Crippen LogP contribution in [0.4, 0.5) is 4.79 Å². The van der Waals surface area contributed by atoms with E-state index in [2.05, 4.69) is 4.79 Å². The van der Waals surface area contributed by atoms with Crippen molar-refractivity contribution < 1.29 is 19.1 Å². The highest BCUT2D eigenvalue weighted by molar-refractivity contribution is 6.26. The number of amides is 1. The van der Waals surface area contributed by atoms with Gasteiger partial charge in [0.2, 0.25) is 5.78 Å². The Morgan fingerprint density at radius 2 is 1.80 bits per heavy atom. The topological polar surface area (TPSA) is 83.0 Å². The molecule has 1 aliphatic carbocycles. The van der Waals surface area contributed by atoms with Crippen LogP contribution in [0.5, 0.6) is 0 Å². The zero-order valence-electron chi connectivity index (χ0n) is 12.6. The molecule has 20 heavy (non-hydrogen) atoms. The van der Waals surface area contributed by atoms with Crippen molar-refractivity contribution in [2.45, 2.75) is 58.1 Å². The van der Waals surface area contributed by atoms with Crippen LogP contribution >= 0.6 is 0 Å². The normalized spacial score (nSPS) is 22.6. The highest BCUT2D eigenvalue weighted by atomic mass is 16.6. The highest BCUT2D eigenvalue weighted by Crippen LogP contribution is 2.28. The number of nitrogens with zero attached hydrogens (tertiary/aromatic N) is 3. The summed E-state index contributed by atoms with van der Waals surface area (Å²) in [6.45, 7) is 5.51. The first-order valence-electron chi connectivity index (χ1n) is 6.91. The smallest absolute Gasteiger partial charge is 0.410 e. The lowest BCUT2D eigenvalue weighted by atomic mass is 9.83. The molecule has 1 saturated carbocycles. The van der Waals surface area contributed by atoms with Gasteiger partial charge in [0.15, 0.2) is 0 Å². The summed E-state index contributed by atoms with van der Waals surface area (Å²) in [6.07, 6.45) is 3.54. The lowest BCUT2D eigenvalue weighted by Gasteiger charge is -2.34. The molecular formula is C14H23N3O3. The van der Waals surface area contributed by atoms with Gasteiger partial charge < -0.3 is 15.2 Å². The van der Waals surface area contributed by atoms with E-state index in [4.69, 9.17) is 10.3 Å². The van der Waals surface area contributed by atoms with E-state index in [0.29, 0.717) is 12.8 Å². The number of rotatable bonds is 3. The molecule has 0 aliphatic heterocycles. The first kappa shape index (κ1) is 16.4. The Labute approximate surface area is 119 Å². The molecule has 6 nitrogen and oxygen atoms in total. The minimum Gasteiger partial charge on any atom is -0.444 e. The molecule has 0 atom stereocenters. The van der Waals surface area contributed by atoms with Gasteiger partial charge >= 0.3 is 12.3 Å². The van der Waals surface area contributed by atoms with Gasteiger partial charge in [0.05, 0.1) is 0 Å².